The summed E-state index contributed by atoms with van der Waals surface area (Å²) in [5, 5.41) is 25.9. The van der Waals surface area contributed by atoms with E-state index >= 15 is 0 Å². The largest absolute Gasteiger partial charge is 0.414 e. The molecule has 8 fully saturated rings. The van der Waals surface area contributed by atoms with E-state index in [2.05, 4.69) is 143 Å². The maximum absolute atomic E-state index is 12.7. The van der Waals surface area contributed by atoms with Gasteiger partial charge in [0.1, 0.15) is 11.2 Å². The van der Waals surface area contributed by atoms with Crippen molar-refractivity contribution >= 4 is 16.6 Å². The van der Waals surface area contributed by atoms with Crippen molar-refractivity contribution in [3.8, 4) is 23.7 Å². The van der Waals surface area contributed by atoms with E-state index < -0.39 is 27.8 Å². The summed E-state index contributed by atoms with van der Waals surface area (Å²) in [5.74, 6) is 19.6. The van der Waals surface area contributed by atoms with Gasteiger partial charge in [0.05, 0.1) is 0 Å². The molecular weight excluding hydrogens is 841 g/mol. The molecule has 9 rings (SSSR count). The lowest BCUT2D eigenvalue weighted by atomic mass is 9.44. The second kappa shape index (κ2) is 16.6. The number of hydrogen-bond donors (Lipinski definition) is 2. The average molecular weight is 936 g/mol. The molecule has 2 N–H and O–H groups in total. The Balaban J connectivity index is 0.873. The highest BCUT2D eigenvalue weighted by Crippen LogP contribution is 2.70. The first kappa shape index (κ1) is 49.6. The molecule has 8 aliphatic carbocycles. The molecule has 366 valence electrons. The van der Waals surface area contributed by atoms with Gasteiger partial charge in [-0.2, -0.15) is 0 Å². The molecule has 0 saturated heterocycles. The molecular formula is C60H94O4Si2. The molecule has 8 aliphatic rings. The van der Waals surface area contributed by atoms with E-state index in [4.69, 9.17) is 8.85 Å². The molecule has 1 aromatic carbocycles. The van der Waals surface area contributed by atoms with Gasteiger partial charge in [0, 0.05) is 34.2 Å². The van der Waals surface area contributed by atoms with E-state index in [9.17, 15) is 10.2 Å². The van der Waals surface area contributed by atoms with Crippen LogP contribution in [0.2, 0.25) is 36.3 Å². The van der Waals surface area contributed by atoms with Crippen molar-refractivity contribution < 1.29 is 19.1 Å². The fraction of sp³-hybridized carbons (Fsp3) is 0.833. The van der Waals surface area contributed by atoms with Gasteiger partial charge in [-0.25, -0.2) is 0 Å². The van der Waals surface area contributed by atoms with Gasteiger partial charge in [-0.3, -0.25) is 0 Å². The smallest absolute Gasteiger partial charge is 0.192 e. The average Bonchev–Trinajstić information content (AvgIpc) is 3.67. The van der Waals surface area contributed by atoms with Gasteiger partial charge in [-0.1, -0.05) is 105 Å². The van der Waals surface area contributed by atoms with Crippen LogP contribution in [0.3, 0.4) is 0 Å². The van der Waals surface area contributed by atoms with E-state index in [0.717, 1.165) is 73.3 Å². The van der Waals surface area contributed by atoms with Crippen LogP contribution in [0.4, 0.5) is 0 Å². The third kappa shape index (κ3) is 7.89. The fourth-order valence-electron chi connectivity index (χ4n) is 17.3. The minimum absolute atomic E-state index is 0.205. The van der Waals surface area contributed by atoms with Crippen molar-refractivity contribution in [1.82, 2.24) is 0 Å². The van der Waals surface area contributed by atoms with Crippen LogP contribution < -0.4 is 0 Å². The number of benzene rings is 1. The number of hydrogen-bond acceptors (Lipinski definition) is 4. The maximum Gasteiger partial charge on any atom is 0.192 e. The fourth-order valence-corrected chi connectivity index (χ4v) is 20.1. The summed E-state index contributed by atoms with van der Waals surface area (Å²) in [6.07, 6.45) is 21.7. The minimum Gasteiger partial charge on any atom is -0.414 e. The molecule has 0 bridgehead atoms. The SMILES string of the molecule is CC(C)(C)[Si](C)(C)O[C@H]1CC[C@@]2(C)[C@@H](CC[C@@H]3[C@@H]2CC[C@@]2(C)[C@H]3CC[C@@]2(O)C#Cc2ccccc2C#C[C@]2(O)CC[C@H]3[C@@H]4CC[C@H]5C[C@@H](O[Si](C)(C)C(C)(C)C)CC[C@]5(C)[C@H]4CC[C@@]32C)C1. The summed E-state index contributed by atoms with van der Waals surface area (Å²) >= 11 is 0. The Morgan fingerprint density at radius 1 is 0.500 bits per heavy atom. The zero-order valence-corrected chi connectivity index (χ0v) is 46.5. The van der Waals surface area contributed by atoms with E-state index in [0.29, 0.717) is 46.7 Å². The summed E-state index contributed by atoms with van der Waals surface area (Å²) in [6, 6.07) is 8.28. The Labute approximate surface area is 406 Å². The predicted molar refractivity (Wildman–Crippen MR) is 278 cm³/mol. The van der Waals surface area contributed by atoms with Crippen molar-refractivity contribution in [3.63, 3.8) is 0 Å². The van der Waals surface area contributed by atoms with Crippen LogP contribution in [-0.4, -0.2) is 50.3 Å². The second-order valence-electron chi connectivity index (χ2n) is 28.6. The zero-order chi connectivity index (χ0) is 47.7. The van der Waals surface area contributed by atoms with E-state index in [1.54, 1.807) is 0 Å². The normalized spacial score (nSPS) is 45.6. The molecule has 8 saturated carbocycles. The van der Waals surface area contributed by atoms with Crippen LogP contribution in [0.1, 0.15) is 196 Å². The lowest BCUT2D eigenvalue weighted by molar-refractivity contribution is -0.143. The summed E-state index contributed by atoms with van der Waals surface area (Å²) in [6.45, 7) is 34.0. The minimum atomic E-state index is -1.79. The van der Waals surface area contributed by atoms with Gasteiger partial charge in [0.2, 0.25) is 0 Å². The highest BCUT2D eigenvalue weighted by molar-refractivity contribution is 6.74. The first-order chi connectivity index (χ1) is 30.6. The van der Waals surface area contributed by atoms with Gasteiger partial charge in [-0.15, -0.1) is 0 Å². The van der Waals surface area contributed by atoms with E-state index in [1.165, 1.54) is 77.0 Å². The van der Waals surface area contributed by atoms with E-state index in [-0.39, 0.29) is 20.9 Å². The highest BCUT2D eigenvalue weighted by Gasteiger charge is 2.66. The highest BCUT2D eigenvalue weighted by atomic mass is 28.4. The van der Waals surface area contributed by atoms with Gasteiger partial charge in [-0.05, 0) is 222 Å². The van der Waals surface area contributed by atoms with Crippen molar-refractivity contribution in [2.45, 2.75) is 244 Å². The summed E-state index contributed by atoms with van der Waals surface area (Å²) in [5.41, 5.74) is 0.0889. The summed E-state index contributed by atoms with van der Waals surface area (Å²) in [7, 11) is -3.59. The van der Waals surface area contributed by atoms with Crippen molar-refractivity contribution in [2.24, 2.45) is 69.0 Å². The van der Waals surface area contributed by atoms with Gasteiger partial charge in [0.25, 0.3) is 0 Å². The third-order valence-electron chi connectivity index (χ3n) is 23.8. The molecule has 0 aliphatic heterocycles. The standard InChI is InChI=1S/C60H94O4Si2/c1-53(2,3)65(11,12)63-45-25-31-55(7)43(39-45)19-21-47-49(55)27-33-57(9)51(47)29-37-59(57,61)35-23-41-17-15-16-18-42(41)24-36-60(62)38-30-52-48-22-20-44-40-46(64-66(13,14)54(4,5)6)26-32-56(44,8)50(48)28-34-58(52,60)10/h15-18,43-52,61-62H,19-22,25-34,37-40H2,1-14H3/t43-,44-,45-,46-,47+,48+,49-,50-,51-,52-,55-,56-,57-,58-,59-,60-/m0/s1. The van der Waals surface area contributed by atoms with E-state index in [1.807, 2.05) is 0 Å². The lowest BCUT2D eigenvalue weighted by Crippen LogP contribution is -2.57. The Bertz CT molecular complexity index is 1980. The Morgan fingerprint density at radius 3 is 1.23 bits per heavy atom. The molecule has 0 amide bonds. The zero-order valence-electron chi connectivity index (χ0n) is 44.5. The Hall–Kier alpha value is -1.39. The molecule has 0 spiro atoms. The first-order valence-electron chi connectivity index (χ1n) is 27.6. The second-order valence-corrected chi connectivity index (χ2v) is 38.1. The van der Waals surface area contributed by atoms with Crippen LogP contribution in [0.25, 0.3) is 0 Å². The van der Waals surface area contributed by atoms with Crippen LogP contribution >= 0.6 is 0 Å². The number of rotatable bonds is 4. The summed E-state index contributed by atoms with van der Waals surface area (Å²) < 4.78 is 14.1. The lowest BCUT2D eigenvalue weighted by Gasteiger charge is -2.61. The Kier molecular flexibility index (Phi) is 12.5. The van der Waals surface area contributed by atoms with Crippen molar-refractivity contribution in [1.29, 1.82) is 0 Å². The van der Waals surface area contributed by atoms with Crippen molar-refractivity contribution in [2.75, 3.05) is 0 Å². The number of aliphatic hydroxyl groups is 2. The van der Waals surface area contributed by atoms with Crippen LogP contribution in [-0.2, 0) is 8.85 Å². The summed E-state index contributed by atoms with van der Waals surface area (Å²) in [4.78, 5) is 0. The predicted octanol–water partition coefficient (Wildman–Crippen LogP) is 14.7. The maximum atomic E-state index is 12.7. The molecule has 6 heteroatoms. The molecule has 1 aromatic rings. The third-order valence-corrected chi connectivity index (χ3v) is 32.9. The van der Waals surface area contributed by atoms with Crippen LogP contribution in [0.5, 0.6) is 0 Å². The quantitative estimate of drug-likeness (QED) is 0.233. The van der Waals surface area contributed by atoms with Gasteiger partial charge >= 0.3 is 0 Å². The number of fused-ring (bicyclic) bond motifs is 10. The molecule has 0 aromatic heterocycles. The van der Waals surface area contributed by atoms with Crippen LogP contribution in [0.15, 0.2) is 24.3 Å². The first-order valence-corrected chi connectivity index (χ1v) is 33.4. The van der Waals surface area contributed by atoms with Crippen molar-refractivity contribution in [3.05, 3.63) is 35.4 Å². The molecule has 0 heterocycles. The van der Waals surface area contributed by atoms with Crippen LogP contribution in [0, 0.1) is 92.7 Å². The molecule has 0 radical (unpaired) electrons. The van der Waals surface area contributed by atoms with Gasteiger partial charge < -0.3 is 19.1 Å². The topological polar surface area (TPSA) is 58.9 Å². The molecule has 66 heavy (non-hydrogen) atoms. The Morgan fingerprint density at radius 2 is 0.864 bits per heavy atom. The van der Waals surface area contributed by atoms with Gasteiger partial charge in [0.15, 0.2) is 16.6 Å². The molecule has 16 atom stereocenters. The molecule has 0 unspecified atom stereocenters. The monoisotopic (exact) mass is 935 g/mol. The molecule has 4 nitrogen and oxygen atoms in total.